The number of aromatic nitrogens is 1. The molecule has 0 bridgehead atoms. The molecule has 1 aliphatic heterocycles. The fraction of sp³-hybridized carbons (Fsp3) is 0.333. The van der Waals surface area contributed by atoms with E-state index < -0.39 is 5.97 Å². The van der Waals surface area contributed by atoms with Gasteiger partial charge >= 0.3 is 5.97 Å². The van der Waals surface area contributed by atoms with Crippen LogP contribution in [0.2, 0.25) is 0 Å². The average Bonchev–Trinajstić information content (AvgIpc) is 2.47. The van der Waals surface area contributed by atoms with E-state index in [9.17, 15) is 15.0 Å². The minimum atomic E-state index is -1.02. The Morgan fingerprint density at radius 3 is 2.65 bits per heavy atom. The van der Waals surface area contributed by atoms with E-state index in [1.165, 1.54) is 0 Å². The third-order valence-corrected chi connectivity index (χ3v) is 3.72. The van der Waals surface area contributed by atoms with Crippen molar-refractivity contribution in [1.82, 2.24) is 4.98 Å². The maximum atomic E-state index is 11.2. The van der Waals surface area contributed by atoms with Gasteiger partial charge < -0.3 is 15.1 Å². The maximum Gasteiger partial charge on any atom is 0.354 e. The lowest BCUT2D eigenvalue weighted by atomic mass is 10.1. The molecule has 5 heteroatoms. The van der Waals surface area contributed by atoms with Crippen LogP contribution in [0.1, 0.15) is 23.3 Å². The summed E-state index contributed by atoms with van der Waals surface area (Å²) < 4.78 is 0. The maximum absolute atomic E-state index is 11.2. The summed E-state index contributed by atoms with van der Waals surface area (Å²) in [5, 5.41) is 19.7. The summed E-state index contributed by atoms with van der Waals surface area (Å²) in [6.45, 7) is 1.46. The second-order valence-corrected chi connectivity index (χ2v) is 5.07. The van der Waals surface area contributed by atoms with Crippen LogP contribution in [0.3, 0.4) is 0 Å². The monoisotopic (exact) mass is 272 g/mol. The van der Waals surface area contributed by atoms with E-state index in [1.54, 1.807) is 6.07 Å². The minimum Gasteiger partial charge on any atom is -0.477 e. The molecule has 0 spiro atoms. The van der Waals surface area contributed by atoms with Gasteiger partial charge in [-0.2, -0.15) is 0 Å². The van der Waals surface area contributed by atoms with E-state index >= 15 is 0 Å². The summed E-state index contributed by atoms with van der Waals surface area (Å²) in [7, 11) is 0. The highest BCUT2D eigenvalue weighted by Crippen LogP contribution is 2.29. The Bertz CT molecular complexity index is 649. The van der Waals surface area contributed by atoms with Crippen molar-refractivity contribution in [2.45, 2.75) is 18.9 Å². The zero-order chi connectivity index (χ0) is 14.1. The minimum absolute atomic E-state index is 0.0600. The van der Waals surface area contributed by atoms with Gasteiger partial charge in [-0.3, -0.25) is 0 Å². The number of carbonyl (C=O) groups is 1. The van der Waals surface area contributed by atoms with E-state index in [2.05, 4.69) is 9.88 Å². The average molecular weight is 272 g/mol. The smallest absolute Gasteiger partial charge is 0.354 e. The molecule has 3 rings (SSSR count). The number of aromatic carboxylic acids is 1. The number of fused-ring (bicyclic) bond motifs is 1. The van der Waals surface area contributed by atoms with Gasteiger partial charge in [0, 0.05) is 24.2 Å². The van der Waals surface area contributed by atoms with E-state index in [4.69, 9.17) is 0 Å². The van der Waals surface area contributed by atoms with Crippen molar-refractivity contribution in [3.63, 3.8) is 0 Å². The van der Waals surface area contributed by atoms with Gasteiger partial charge in [0.25, 0.3) is 0 Å². The Morgan fingerprint density at radius 2 is 1.95 bits per heavy atom. The van der Waals surface area contributed by atoms with E-state index in [0.717, 1.165) is 24.2 Å². The highest BCUT2D eigenvalue weighted by atomic mass is 16.4. The van der Waals surface area contributed by atoms with E-state index in [-0.39, 0.29) is 11.8 Å². The van der Waals surface area contributed by atoms with Crippen molar-refractivity contribution >= 4 is 22.6 Å². The number of carboxylic acid groups (broad SMARTS) is 1. The second-order valence-electron chi connectivity index (χ2n) is 5.07. The SMILES string of the molecule is O=C(O)c1cc(N2CCC(O)CC2)c2ccccc2n1. The van der Waals surface area contributed by atoms with Crippen LogP contribution in [0.4, 0.5) is 5.69 Å². The molecule has 0 unspecified atom stereocenters. The molecular weight excluding hydrogens is 256 g/mol. The normalized spacial score (nSPS) is 16.6. The Kier molecular flexibility index (Phi) is 3.28. The first-order valence-corrected chi connectivity index (χ1v) is 6.71. The molecule has 0 saturated carbocycles. The van der Waals surface area contributed by atoms with E-state index in [1.807, 2.05) is 24.3 Å². The molecule has 2 aromatic rings. The molecule has 2 N–H and O–H groups in total. The lowest BCUT2D eigenvalue weighted by Gasteiger charge is -2.32. The Labute approximate surface area is 116 Å². The van der Waals surface area contributed by atoms with Crippen molar-refractivity contribution in [3.8, 4) is 0 Å². The van der Waals surface area contributed by atoms with Crippen LogP contribution in [0.25, 0.3) is 10.9 Å². The summed E-state index contributed by atoms with van der Waals surface area (Å²) in [5.41, 5.74) is 1.64. The predicted octanol–water partition coefficient (Wildman–Crippen LogP) is 1.89. The quantitative estimate of drug-likeness (QED) is 0.873. The van der Waals surface area contributed by atoms with Gasteiger partial charge in [-0.25, -0.2) is 9.78 Å². The molecule has 1 aliphatic rings. The van der Waals surface area contributed by atoms with Crippen LogP contribution in [-0.4, -0.2) is 40.4 Å². The van der Waals surface area contributed by atoms with Crippen LogP contribution in [0.5, 0.6) is 0 Å². The van der Waals surface area contributed by atoms with Gasteiger partial charge in [-0.05, 0) is 25.0 Å². The Hall–Kier alpha value is -2.14. The summed E-state index contributed by atoms with van der Waals surface area (Å²) in [5.74, 6) is -1.02. The number of benzene rings is 1. The number of hydrogen-bond acceptors (Lipinski definition) is 4. The zero-order valence-electron chi connectivity index (χ0n) is 11.0. The number of carboxylic acids is 1. The standard InChI is InChI=1S/C15H16N2O3/c18-10-5-7-17(8-6-10)14-9-13(15(19)20)16-12-4-2-1-3-11(12)14/h1-4,9-10,18H,5-8H2,(H,19,20). The molecule has 0 atom stereocenters. The zero-order valence-corrected chi connectivity index (χ0v) is 11.0. The number of aliphatic hydroxyl groups excluding tert-OH is 1. The van der Waals surface area contributed by atoms with Crippen molar-refractivity contribution in [2.75, 3.05) is 18.0 Å². The number of aliphatic hydroxyl groups is 1. The van der Waals surface area contributed by atoms with Gasteiger partial charge in [-0.15, -0.1) is 0 Å². The Morgan fingerprint density at radius 1 is 1.25 bits per heavy atom. The molecule has 0 amide bonds. The number of piperidine rings is 1. The van der Waals surface area contributed by atoms with Crippen molar-refractivity contribution in [2.24, 2.45) is 0 Å². The lowest BCUT2D eigenvalue weighted by Crippen LogP contribution is -2.36. The van der Waals surface area contributed by atoms with Crippen LogP contribution >= 0.6 is 0 Å². The van der Waals surface area contributed by atoms with Gasteiger partial charge in [0.2, 0.25) is 0 Å². The fourth-order valence-electron chi connectivity index (χ4n) is 2.63. The van der Waals surface area contributed by atoms with Crippen molar-refractivity contribution in [1.29, 1.82) is 0 Å². The highest BCUT2D eigenvalue weighted by Gasteiger charge is 2.20. The lowest BCUT2D eigenvalue weighted by molar-refractivity contribution is 0.0691. The molecule has 0 aliphatic carbocycles. The first-order chi connectivity index (χ1) is 9.65. The van der Waals surface area contributed by atoms with Gasteiger partial charge in [0.15, 0.2) is 5.69 Å². The largest absolute Gasteiger partial charge is 0.477 e. The molecule has 2 heterocycles. The first-order valence-electron chi connectivity index (χ1n) is 6.71. The van der Waals surface area contributed by atoms with E-state index in [0.29, 0.717) is 18.4 Å². The van der Waals surface area contributed by atoms with Crippen molar-refractivity contribution in [3.05, 3.63) is 36.0 Å². The summed E-state index contributed by atoms with van der Waals surface area (Å²) in [6.07, 6.45) is 1.16. The number of pyridine rings is 1. The molecule has 1 fully saturated rings. The number of nitrogens with zero attached hydrogens (tertiary/aromatic N) is 2. The van der Waals surface area contributed by atoms with Crippen molar-refractivity contribution < 1.29 is 15.0 Å². The third-order valence-electron chi connectivity index (χ3n) is 3.72. The summed E-state index contributed by atoms with van der Waals surface area (Å²) in [4.78, 5) is 17.5. The van der Waals surface area contributed by atoms with Gasteiger partial charge in [0.05, 0.1) is 11.6 Å². The first kappa shape index (κ1) is 12.9. The molecule has 20 heavy (non-hydrogen) atoms. The van der Waals surface area contributed by atoms with Gasteiger partial charge in [-0.1, -0.05) is 18.2 Å². The van der Waals surface area contributed by atoms with Crippen LogP contribution in [0.15, 0.2) is 30.3 Å². The topological polar surface area (TPSA) is 73.7 Å². The molecule has 104 valence electrons. The molecule has 1 aromatic heterocycles. The Balaban J connectivity index is 2.10. The molecule has 5 nitrogen and oxygen atoms in total. The number of rotatable bonds is 2. The van der Waals surface area contributed by atoms with Gasteiger partial charge in [0.1, 0.15) is 0 Å². The molecule has 1 saturated heterocycles. The summed E-state index contributed by atoms with van der Waals surface area (Å²) >= 11 is 0. The number of hydrogen-bond donors (Lipinski definition) is 2. The van der Waals surface area contributed by atoms with Crippen LogP contribution in [-0.2, 0) is 0 Å². The fourth-order valence-corrected chi connectivity index (χ4v) is 2.63. The number of para-hydroxylation sites is 1. The van der Waals surface area contributed by atoms with Crippen LogP contribution in [0, 0.1) is 0 Å². The highest BCUT2D eigenvalue weighted by molar-refractivity contribution is 5.97. The molecule has 1 aromatic carbocycles. The number of anilines is 1. The summed E-state index contributed by atoms with van der Waals surface area (Å²) in [6, 6.07) is 9.18. The van der Waals surface area contributed by atoms with Crippen LogP contribution < -0.4 is 4.90 Å². The third kappa shape index (κ3) is 2.32. The second kappa shape index (κ2) is 5.09. The molecule has 0 radical (unpaired) electrons. The predicted molar refractivity (Wildman–Crippen MR) is 76.2 cm³/mol. The molecular formula is C15H16N2O3.